The van der Waals surface area contributed by atoms with Crippen LogP contribution < -0.4 is 10.6 Å². The van der Waals surface area contributed by atoms with Gasteiger partial charge in [0.2, 0.25) is 5.91 Å². The maximum absolute atomic E-state index is 12.4. The summed E-state index contributed by atoms with van der Waals surface area (Å²) in [7, 11) is 1.75. The first-order valence-corrected chi connectivity index (χ1v) is 9.46. The minimum absolute atomic E-state index is 0.111. The van der Waals surface area contributed by atoms with Crippen molar-refractivity contribution in [3.05, 3.63) is 0 Å². The van der Waals surface area contributed by atoms with E-state index >= 15 is 0 Å². The van der Waals surface area contributed by atoms with Gasteiger partial charge in [0.25, 0.3) is 0 Å². The molecule has 2 aliphatic rings. The number of likely N-dealkylation sites (tertiary alicyclic amines) is 1. The molecule has 0 aromatic heterocycles. The molecule has 0 bridgehead atoms. The molecule has 5 nitrogen and oxygen atoms in total. The Labute approximate surface area is 147 Å². The van der Waals surface area contributed by atoms with E-state index in [0.717, 1.165) is 45.6 Å². The Morgan fingerprint density at radius 3 is 2.50 bits per heavy atom. The number of hydrogen-bond donors (Lipinski definition) is 2. The van der Waals surface area contributed by atoms with E-state index in [1.54, 1.807) is 7.11 Å². The number of carbonyl (C=O) groups excluding carboxylic acids is 1. The molecule has 0 aromatic rings. The number of rotatable bonds is 7. The van der Waals surface area contributed by atoms with Crippen molar-refractivity contribution in [2.75, 3.05) is 39.9 Å². The molecule has 24 heavy (non-hydrogen) atoms. The van der Waals surface area contributed by atoms with Crippen molar-refractivity contribution in [1.82, 2.24) is 15.5 Å². The smallest absolute Gasteiger partial charge is 0.220 e. The Bertz CT molecular complexity index is 407. The first-order valence-electron chi connectivity index (χ1n) is 9.46. The van der Waals surface area contributed by atoms with E-state index in [0.29, 0.717) is 18.3 Å². The van der Waals surface area contributed by atoms with Gasteiger partial charge in [-0.1, -0.05) is 0 Å². The Morgan fingerprint density at radius 1 is 1.21 bits per heavy atom. The molecular formula is C19H37N3O2. The second kappa shape index (κ2) is 8.15. The molecule has 0 aromatic carbocycles. The molecule has 0 spiro atoms. The van der Waals surface area contributed by atoms with Gasteiger partial charge in [-0.2, -0.15) is 0 Å². The third-order valence-electron chi connectivity index (χ3n) is 5.32. The Balaban J connectivity index is 1.70. The fourth-order valence-electron chi connectivity index (χ4n) is 4.77. The predicted molar refractivity (Wildman–Crippen MR) is 98.1 cm³/mol. The van der Waals surface area contributed by atoms with Crippen LogP contribution in [0.4, 0.5) is 0 Å². The molecule has 0 saturated carbocycles. The van der Waals surface area contributed by atoms with Crippen LogP contribution in [0.25, 0.3) is 0 Å². The van der Waals surface area contributed by atoms with Crippen LogP contribution in [-0.4, -0.2) is 61.8 Å². The zero-order valence-electron chi connectivity index (χ0n) is 16.3. The lowest BCUT2D eigenvalue weighted by atomic mass is 9.74. The van der Waals surface area contributed by atoms with Gasteiger partial charge in [0.15, 0.2) is 0 Å². The highest BCUT2D eigenvalue weighted by Gasteiger charge is 2.38. The molecule has 2 heterocycles. The first kappa shape index (κ1) is 19.7. The lowest BCUT2D eigenvalue weighted by Crippen LogP contribution is -2.58. The zero-order valence-corrected chi connectivity index (χ0v) is 16.3. The van der Waals surface area contributed by atoms with Crippen molar-refractivity contribution in [3.63, 3.8) is 0 Å². The Hall–Kier alpha value is -0.650. The highest BCUT2D eigenvalue weighted by atomic mass is 16.5. The van der Waals surface area contributed by atoms with E-state index < -0.39 is 0 Å². The quantitative estimate of drug-likeness (QED) is 0.745. The van der Waals surface area contributed by atoms with E-state index in [2.05, 4.69) is 43.2 Å². The van der Waals surface area contributed by atoms with Gasteiger partial charge in [0, 0.05) is 44.2 Å². The minimum atomic E-state index is 0.111. The van der Waals surface area contributed by atoms with Gasteiger partial charge in [-0.25, -0.2) is 0 Å². The molecule has 0 aliphatic carbocycles. The number of amides is 1. The second-order valence-electron chi connectivity index (χ2n) is 9.12. The maximum Gasteiger partial charge on any atom is 0.220 e. The van der Waals surface area contributed by atoms with Crippen LogP contribution >= 0.6 is 0 Å². The van der Waals surface area contributed by atoms with E-state index in [4.69, 9.17) is 4.74 Å². The molecule has 2 fully saturated rings. The lowest BCUT2D eigenvalue weighted by Gasteiger charge is -2.46. The number of carbonyl (C=O) groups is 1. The lowest BCUT2D eigenvalue weighted by molar-refractivity contribution is -0.122. The summed E-state index contributed by atoms with van der Waals surface area (Å²) >= 11 is 0. The summed E-state index contributed by atoms with van der Waals surface area (Å²) < 4.78 is 5.14. The highest BCUT2D eigenvalue weighted by molar-refractivity contribution is 5.76. The number of ether oxygens (including phenoxy) is 1. The van der Waals surface area contributed by atoms with Crippen LogP contribution in [0.3, 0.4) is 0 Å². The van der Waals surface area contributed by atoms with Gasteiger partial charge in [-0.05, 0) is 65.3 Å². The van der Waals surface area contributed by atoms with Crippen molar-refractivity contribution >= 4 is 5.91 Å². The summed E-state index contributed by atoms with van der Waals surface area (Å²) in [4.78, 5) is 14.8. The Morgan fingerprint density at radius 2 is 1.88 bits per heavy atom. The van der Waals surface area contributed by atoms with Crippen LogP contribution in [0.15, 0.2) is 0 Å². The van der Waals surface area contributed by atoms with E-state index in [9.17, 15) is 4.79 Å². The van der Waals surface area contributed by atoms with Crippen LogP contribution in [0.2, 0.25) is 0 Å². The SMILES string of the molecule is COCCN1CC[C@@H](CNC(=O)CC2CC(C)(C)NC(C)(C)C2)C1. The summed E-state index contributed by atoms with van der Waals surface area (Å²) in [6.45, 7) is 13.8. The molecular weight excluding hydrogens is 302 g/mol. The summed E-state index contributed by atoms with van der Waals surface area (Å²) in [5, 5.41) is 6.87. The second-order valence-corrected chi connectivity index (χ2v) is 9.12. The fourth-order valence-corrected chi connectivity index (χ4v) is 4.77. The Kier molecular flexibility index (Phi) is 6.68. The van der Waals surface area contributed by atoms with Crippen LogP contribution in [0, 0.1) is 11.8 Å². The summed E-state index contributed by atoms with van der Waals surface area (Å²) in [6, 6.07) is 0. The van der Waals surface area contributed by atoms with E-state index in [1.165, 1.54) is 6.42 Å². The van der Waals surface area contributed by atoms with Crippen LogP contribution in [0.1, 0.15) is 53.4 Å². The van der Waals surface area contributed by atoms with Crippen molar-refractivity contribution in [3.8, 4) is 0 Å². The van der Waals surface area contributed by atoms with Gasteiger partial charge in [0.1, 0.15) is 0 Å². The summed E-state index contributed by atoms with van der Waals surface area (Å²) in [5.74, 6) is 1.29. The molecule has 5 heteroatoms. The number of hydrogen-bond acceptors (Lipinski definition) is 4. The van der Waals surface area contributed by atoms with E-state index in [-0.39, 0.29) is 17.0 Å². The van der Waals surface area contributed by atoms with E-state index in [1.807, 2.05) is 0 Å². The van der Waals surface area contributed by atoms with Crippen molar-refractivity contribution in [2.24, 2.45) is 11.8 Å². The largest absolute Gasteiger partial charge is 0.383 e. The molecule has 2 rings (SSSR count). The topological polar surface area (TPSA) is 53.6 Å². The van der Waals surface area contributed by atoms with Gasteiger partial charge >= 0.3 is 0 Å². The van der Waals surface area contributed by atoms with Gasteiger partial charge in [-0.3, -0.25) is 4.79 Å². The first-order chi connectivity index (χ1) is 11.2. The average molecular weight is 340 g/mol. The van der Waals surface area contributed by atoms with Crippen molar-refractivity contribution in [1.29, 1.82) is 0 Å². The third kappa shape index (κ3) is 6.34. The van der Waals surface area contributed by atoms with Crippen LogP contribution in [-0.2, 0) is 9.53 Å². The van der Waals surface area contributed by atoms with Crippen molar-refractivity contribution in [2.45, 2.75) is 64.5 Å². The molecule has 140 valence electrons. The molecule has 1 atom stereocenters. The monoisotopic (exact) mass is 339 g/mol. The summed E-state index contributed by atoms with van der Waals surface area (Å²) in [6.07, 6.45) is 3.97. The molecule has 2 saturated heterocycles. The molecule has 0 radical (unpaired) electrons. The van der Waals surface area contributed by atoms with Crippen molar-refractivity contribution < 1.29 is 9.53 Å². The van der Waals surface area contributed by atoms with Crippen LogP contribution in [0.5, 0.6) is 0 Å². The molecule has 0 unspecified atom stereocenters. The number of methoxy groups -OCH3 is 1. The maximum atomic E-state index is 12.4. The van der Waals surface area contributed by atoms with Gasteiger partial charge < -0.3 is 20.3 Å². The summed E-state index contributed by atoms with van der Waals surface area (Å²) in [5.41, 5.74) is 0.222. The minimum Gasteiger partial charge on any atom is -0.383 e. The molecule has 2 aliphatic heterocycles. The normalized spacial score (nSPS) is 27.3. The molecule has 1 amide bonds. The third-order valence-corrected chi connectivity index (χ3v) is 5.32. The zero-order chi connectivity index (χ0) is 17.8. The number of piperidine rings is 1. The average Bonchev–Trinajstić information content (AvgIpc) is 2.87. The van der Waals surface area contributed by atoms with Gasteiger partial charge in [0.05, 0.1) is 6.61 Å². The highest BCUT2D eigenvalue weighted by Crippen LogP contribution is 2.34. The fraction of sp³-hybridized carbons (Fsp3) is 0.947. The predicted octanol–water partition coefficient (Wildman–Crippen LogP) is 2.02. The molecule has 2 N–H and O–H groups in total. The van der Waals surface area contributed by atoms with Gasteiger partial charge in [-0.15, -0.1) is 0 Å². The standard InChI is InChI=1S/C19H37N3O2/c1-18(2)11-16(12-19(3,4)21-18)10-17(23)20-13-15-6-7-22(14-15)8-9-24-5/h15-16,21H,6-14H2,1-5H3,(H,20,23)/t15-/m0/s1. The number of nitrogens with zero attached hydrogens (tertiary/aromatic N) is 1. The number of nitrogens with one attached hydrogen (secondary N) is 2.